The normalized spacial score (nSPS) is 20.2. The first-order valence-corrected chi connectivity index (χ1v) is 8.95. The molecule has 1 heterocycles. The highest BCUT2D eigenvalue weighted by Gasteiger charge is 2.29. The molecule has 1 aliphatic heterocycles. The van der Waals surface area contributed by atoms with Crippen molar-refractivity contribution in [3.05, 3.63) is 42.5 Å². The van der Waals surface area contributed by atoms with Crippen molar-refractivity contribution in [1.29, 1.82) is 0 Å². The third-order valence-electron chi connectivity index (χ3n) is 4.79. The molecule has 2 N–H and O–H groups in total. The van der Waals surface area contributed by atoms with E-state index in [4.69, 9.17) is 4.74 Å². The van der Waals surface area contributed by atoms with Crippen LogP contribution in [0, 0.1) is 5.92 Å². The Hall–Kier alpha value is -2.40. The number of nitrogens with one attached hydrogen (secondary N) is 2. The first-order chi connectivity index (χ1) is 12.2. The summed E-state index contributed by atoms with van der Waals surface area (Å²) >= 11 is 0. The van der Waals surface area contributed by atoms with Crippen LogP contribution in [0.2, 0.25) is 0 Å². The zero-order valence-corrected chi connectivity index (χ0v) is 14.6. The lowest BCUT2D eigenvalue weighted by Gasteiger charge is -2.27. The third kappa shape index (κ3) is 4.37. The van der Waals surface area contributed by atoms with Gasteiger partial charge < -0.3 is 15.0 Å². The molecule has 5 heteroatoms. The summed E-state index contributed by atoms with van der Waals surface area (Å²) in [6.07, 6.45) is 1.57. The predicted molar refractivity (Wildman–Crippen MR) is 97.5 cm³/mol. The molecule has 0 aliphatic carbocycles. The van der Waals surface area contributed by atoms with Crippen LogP contribution in [-0.4, -0.2) is 38.1 Å². The van der Waals surface area contributed by atoms with Crippen molar-refractivity contribution in [3.63, 3.8) is 0 Å². The van der Waals surface area contributed by atoms with Crippen LogP contribution in [-0.2, 0) is 14.3 Å². The highest BCUT2D eigenvalue weighted by Crippen LogP contribution is 2.22. The van der Waals surface area contributed by atoms with Crippen LogP contribution >= 0.6 is 0 Å². The SMILES string of the molecule is CCOC(=O)C1CC[NH+](CC(=O)Nc2cccc3ccccc23)CC1. The van der Waals surface area contributed by atoms with Gasteiger partial charge in [0.15, 0.2) is 6.54 Å². The van der Waals surface area contributed by atoms with Crippen molar-refractivity contribution in [2.75, 3.05) is 31.6 Å². The van der Waals surface area contributed by atoms with Crippen LogP contribution in [0.5, 0.6) is 0 Å². The number of anilines is 1. The molecule has 132 valence electrons. The van der Waals surface area contributed by atoms with Crippen LogP contribution in [0.4, 0.5) is 5.69 Å². The van der Waals surface area contributed by atoms with Gasteiger partial charge in [0.1, 0.15) is 0 Å². The minimum Gasteiger partial charge on any atom is -0.466 e. The van der Waals surface area contributed by atoms with Crippen molar-refractivity contribution < 1.29 is 19.2 Å². The molecular weight excluding hydrogens is 316 g/mol. The van der Waals surface area contributed by atoms with Crippen LogP contribution in [0.3, 0.4) is 0 Å². The molecule has 3 rings (SSSR count). The summed E-state index contributed by atoms with van der Waals surface area (Å²) in [5, 5.41) is 5.20. The molecule has 2 aromatic rings. The zero-order valence-electron chi connectivity index (χ0n) is 14.6. The van der Waals surface area contributed by atoms with Crippen molar-refractivity contribution in [2.45, 2.75) is 19.8 Å². The van der Waals surface area contributed by atoms with E-state index in [1.807, 2.05) is 49.4 Å². The van der Waals surface area contributed by atoms with E-state index in [9.17, 15) is 9.59 Å². The molecule has 1 aliphatic rings. The zero-order chi connectivity index (χ0) is 17.6. The second-order valence-electron chi connectivity index (χ2n) is 6.53. The Kier molecular flexibility index (Phi) is 5.66. The maximum Gasteiger partial charge on any atom is 0.309 e. The summed E-state index contributed by atoms with van der Waals surface area (Å²) in [4.78, 5) is 25.4. The number of quaternary nitrogens is 1. The van der Waals surface area contributed by atoms with E-state index >= 15 is 0 Å². The molecule has 0 aromatic heterocycles. The fourth-order valence-corrected chi connectivity index (χ4v) is 3.45. The molecule has 1 fully saturated rings. The summed E-state index contributed by atoms with van der Waals surface area (Å²) in [6, 6.07) is 13.9. The molecule has 0 spiro atoms. The number of hydrogen-bond acceptors (Lipinski definition) is 3. The summed E-state index contributed by atoms with van der Waals surface area (Å²) in [6.45, 7) is 4.34. The Bertz CT molecular complexity index is 746. The summed E-state index contributed by atoms with van der Waals surface area (Å²) < 4.78 is 5.09. The molecule has 0 saturated carbocycles. The van der Waals surface area contributed by atoms with Gasteiger partial charge in [-0.15, -0.1) is 0 Å². The molecule has 2 aromatic carbocycles. The lowest BCUT2D eigenvalue weighted by molar-refractivity contribution is -0.897. The lowest BCUT2D eigenvalue weighted by Crippen LogP contribution is -3.14. The van der Waals surface area contributed by atoms with E-state index in [1.165, 1.54) is 4.90 Å². The molecule has 0 bridgehead atoms. The quantitative estimate of drug-likeness (QED) is 0.813. The van der Waals surface area contributed by atoms with Crippen LogP contribution in [0.25, 0.3) is 10.8 Å². The van der Waals surface area contributed by atoms with Gasteiger partial charge in [-0.2, -0.15) is 0 Å². The van der Waals surface area contributed by atoms with E-state index in [0.29, 0.717) is 13.2 Å². The number of carbonyl (C=O) groups is 2. The lowest BCUT2D eigenvalue weighted by atomic mass is 9.97. The molecule has 0 radical (unpaired) electrons. The first kappa shape index (κ1) is 17.4. The maximum absolute atomic E-state index is 12.4. The Labute approximate surface area is 148 Å². The van der Waals surface area contributed by atoms with Gasteiger partial charge in [0.05, 0.1) is 25.6 Å². The fraction of sp³-hybridized carbons (Fsp3) is 0.400. The van der Waals surface area contributed by atoms with Crippen LogP contribution < -0.4 is 10.2 Å². The van der Waals surface area contributed by atoms with E-state index in [1.54, 1.807) is 0 Å². The van der Waals surface area contributed by atoms with Gasteiger partial charge in [-0.1, -0.05) is 36.4 Å². The van der Waals surface area contributed by atoms with Gasteiger partial charge in [-0.3, -0.25) is 9.59 Å². The molecule has 0 unspecified atom stereocenters. The van der Waals surface area contributed by atoms with E-state index in [-0.39, 0.29) is 17.8 Å². The Balaban J connectivity index is 1.54. The van der Waals surface area contributed by atoms with Crippen molar-refractivity contribution >= 4 is 28.3 Å². The standard InChI is InChI=1S/C20H24N2O3/c1-2-25-20(24)16-10-12-22(13-11-16)14-19(23)21-18-9-5-7-15-6-3-4-8-17(15)18/h3-9,16H,2,10-14H2,1H3,(H,21,23)/p+1. The summed E-state index contributed by atoms with van der Waals surface area (Å²) in [5.41, 5.74) is 0.851. The smallest absolute Gasteiger partial charge is 0.309 e. The number of ether oxygens (including phenoxy) is 1. The van der Waals surface area contributed by atoms with Crippen LogP contribution in [0.15, 0.2) is 42.5 Å². The summed E-state index contributed by atoms with van der Waals surface area (Å²) in [5.74, 6) is -0.0903. The molecule has 1 amide bonds. The number of esters is 1. The van der Waals surface area contributed by atoms with Gasteiger partial charge >= 0.3 is 5.97 Å². The predicted octanol–water partition coefficient (Wildman–Crippen LogP) is 1.64. The number of benzene rings is 2. The molecular formula is C20H25N2O3+. The Morgan fingerprint density at radius 2 is 1.84 bits per heavy atom. The minimum atomic E-state index is -0.0956. The highest BCUT2D eigenvalue weighted by atomic mass is 16.5. The van der Waals surface area contributed by atoms with Crippen molar-refractivity contribution in [2.24, 2.45) is 5.92 Å². The van der Waals surface area contributed by atoms with Gasteiger partial charge in [0.2, 0.25) is 0 Å². The average molecular weight is 341 g/mol. The summed E-state index contributed by atoms with van der Waals surface area (Å²) in [7, 11) is 0. The largest absolute Gasteiger partial charge is 0.466 e. The Morgan fingerprint density at radius 1 is 1.12 bits per heavy atom. The third-order valence-corrected chi connectivity index (χ3v) is 4.79. The number of rotatable bonds is 5. The number of carbonyl (C=O) groups excluding carboxylic acids is 2. The molecule has 25 heavy (non-hydrogen) atoms. The number of hydrogen-bond donors (Lipinski definition) is 2. The molecule has 0 atom stereocenters. The monoisotopic (exact) mass is 341 g/mol. The van der Waals surface area contributed by atoms with Gasteiger partial charge in [-0.05, 0) is 18.4 Å². The number of amides is 1. The first-order valence-electron chi connectivity index (χ1n) is 8.95. The van der Waals surface area contributed by atoms with Gasteiger partial charge in [0, 0.05) is 23.9 Å². The topological polar surface area (TPSA) is 59.8 Å². The second kappa shape index (κ2) is 8.12. The minimum absolute atomic E-state index is 0.00942. The van der Waals surface area contributed by atoms with E-state index in [0.717, 1.165) is 42.4 Å². The second-order valence-corrected chi connectivity index (χ2v) is 6.53. The van der Waals surface area contributed by atoms with Crippen molar-refractivity contribution in [1.82, 2.24) is 0 Å². The van der Waals surface area contributed by atoms with E-state index in [2.05, 4.69) is 5.32 Å². The van der Waals surface area contributed by atoms with Gasteiger partial charge in [0.25, 0.3) is 5.91 Å². The van der Waals surface area contributed by atoms with E-state index < -0.39 is 0 Å². The Morgan fingerprint density at radius 3 is 2.60 bits per heavy atom. The fourth-order valence-electron chi connectivity index (χ4n) is 3.45. The molecule has 1 saturated heterocycles. The number of likely N-dealkylation sites (tertiary alicyclic amines) is 1. The average Bonchev–Trinajstić information content (AvgIpc) is 2.63. The number of fused-ring (bicyclic) bond motifs is 1. The maximum atomic E-state index is 12.4. The van der Waals surface area contributed by atoms with Crippen LogP contribution in [0.1, 0.15) is 19.8 Å². The highest BCUT2D eigenvalue weighted by molar-refractivity contribution is 6.02. The number of piperidine rings is 1. The van der Waals surface area contributed by atoms with Gasteiger partial charge in [-0.25, -0.2) is 0 Å². The van der Waals surface area contributed by atoms with Crippen molar-refractivity contribution in [3.8, 4) is 0 Å². The molecule has 5 nitrogen and oxygen atoms in total.